The highest BCUT2D eigenvalue weighted by molar-refractivity contribution is 6.33. The normalized spacial score (nSPS) is 13.9. The second kappa shape index (κ2) is 10.5. The number of halogens is 7. The van der Waals surface area contributed by atoms with Crippen LogP contribution in [0.15, 0.2) is 42.5 Å². The predicted molar refractivity (Wildman–Crippen MR) is 110 cm³/mol. The topological polar surface area (TPSA) is 66.4 Å². The fourth-order valence-electron chi connectivity index (χ4n) is 3.22. The molecule has 0 aliphatic rings. The fourth-order valence-corrected chi connectivity index (χ4v) is 3.38. The zero-order chi connectivity index (χ0) is 25.0. The maximum atomic E-state index is 13.5. The number of carbonyl (C=O) groups is 2. The van der Waals surface area contributed by atoms with Gasteiger partial charge in [0.15, 0.2) is 0 Å². The highest BCUT2D eigenvalue weighted by Gasteiger charge is 2.45. The van der Waals surface area contributed by atoms with E-state index in [1.807, 2.05) is 0 Å². The molecule has 0 radical (unpaired) electrons. The molecule has 2 rings (SSSR count). The average Bonchev–Trinajstić information content (AvgIpc) is 2.68. The highest BCUT2D eigenvalue weighted by atomic mass is 35.5. The summed E-state index contributed by atoms with van der Waals surface area (Å²) in [5.74, 6) is -6.02. The van der Waals surface area contributed by atoms with Gasteiger partial charge in [0, 0.05) is 6.42 Å². The molecule has 0 bridgehead atoms. The molecule has 0 aliphatic carbocycles. The minimum absolute atomic E-state index is 0.00220. The predicted octanol–water partition coefficient (Wildman–Crippen LogP) is 6.38. The minimum atomic E-state index is -4.76. The molecule has 11 heteroatoms. The van der Waals surface area contributed by atoms with Crippen molar-refractivity contribution in [3.05, 3.63) is 64.2 Å². The van der Waals surface area contributed by atoms with E-state index in [0.717, 1.165) is 31.2 Å². The van der Waals surface area contributed by atoms with Gasteiger partial charge in [0.1, 0.15) is 0 Å². The zero-order valence-corrected chi connectivity index (χ0v) is 18.0. The van der Waals surface area contributed by atoms with Crippen molar-refractivity contribution in [3.63, 3.8) is 0 Å². The lowest BCUT2D eigenvalue weighted by Gasteiger charge is -2.26. The van der Waals surface area contributed by atoms with Crippen molar-refractivity contribution in [1.29, 1.82) is 0 Å². The van der Waals surface area contributed by atoms with E-state index < -0.39 is 42.5 Å². The Morgan fingerprint density at radius 1 is 1.00 bits per heavy atom. The Morgan fingerprint density at radius 2 is 1.58 bits per heavy atom. The van der Waals surface area contributed by atoms with Crippen LogP contribution in [0.25, 0.3) is 0 Å². The lowest BCUT2D eigenvalue weighted by molar-refractivity contribution is -0.178. The van der Waals surface area contributed by atoms with Crippen molar-refractivity contribution in [1.82, 2.24) is 0 Å². The van der Waals surface area contributed by atoms with Gasteiger partial charge in [0.25, 0.3) is 0 Å². The fraction of sp³-hybridized carbons (Fsp3) is 0.364. The van der Waals surface area contributed by atoms with Crippen molar-refractivity contribution in [2.24, 2.45) is 5.92 Å². The molecule has 0 unspecified atom stereocenters. The average molecular weight is 496 g/mol. The number of alkyl halides is 6. The number of carboxylic acid groups (broad SMARTS) is 1. The van der Waals surface area contributed by atoms with Gasteiger partial charge in [-0.25, -0.2) is 0 Å². The van der Waals surface area contributed by atoms with Crippen molar-refractivity contribution in [3.8, 4) is 0 Å². The molecule has 1 amide bonds. The van der Waals surface area contributed by atoms with E-state index in [0.29, 0.717) is 5.56 Å². The lowest BCUT2D eigenvalue weighted by atomic mass is 9.85. The second-order valence-electron chi connectivity index (χ2n) is 7.54. The molecule has 0 heterocycles. The SMILES string of the molecule is C[C@@H]([C@@H](C(=O)Nc1cc(CCC(=O)O)ccc1Cl)c1ccc(CC(F)(F)F)cc1)C(F)(F)F. The summed E-state index contributed by atoms with van der Waals surface area (Å²) in [6, 6.07) is 8.47. The maximum Gasteiger partial charge on any atom is 0.393 e. The van der Waals surface area contributed by atoms with Crippen LogP contribution < -0.4 is 5.32 Å². The quantitative estimate of drug-likeness (QED) is 0.417. The molecule has 2 atom stereocenters. The van der Waals surface area contributed by atoms with Crippen molar-refractivity contribution >= 4 is 29.2 Å². The Morgan fingerprint density at radius 3 is 2.09 bits per heavy atom. The summed E-state index contributed by atoms with van der Waals surface area (Å²) in [6.07, 6.45) is -10.6. The summed E-state index contributed by atoms with van der Waals surface area (Å²) in [7, 11) is 0. The molecule has 0 aromatic heterocycles. The minimum Gasteiger partial charge on any atom is -0.481 e. The third kappa shape index (κ3) is 7.96. The number of hydrogen-bond donors (Lipinski definition) is 2. The molecular weight excluding hydrogens is 476 g/mol. The first-order valence-electron chi connectivity index (χ1n) is 9.71. The van der Waals surface area contributed by atoms with Crippen LogP contribution in [0.5, 0.6) is 0 Å². The molecule has 0 fully saturated rings. The molecule has 0 saturated heterocycles. The van der Waals surface area contributed by atoms with Crippen LogP contribution in [0.3, 0.4) is 0 Å². The summed E-state index contributed by atoms with van der Waals surface area (Å²) < 4.78 is 78.2. The van der Waals surface area contributed by atoms with E-state index in [-0.39, 0.29) is 34.7 Å². The van der Waals surface area contributed by atoms with E-state index in [4.69, 9.17) is 16.7 Å². The van der Waals surface area contributed by atoms with E-state index in [9.17, 15) is 35.9 Å². The van der Waals surface area contributed by atoms with E-state index >= 15 is 0 Å². The summed E-state index contributed by atoms with van der Waals surface area (Å²) in [5, 5.41) is 11.2. The number of nitrogens with one attached hydrogen (secondary N) is 1. The van der Waals surface area contributed by atoms with Gasteiger partial charge in [0.2, 0.25) is 5.91 Å². The zero-order valence-electron chi connectivity index (χ0n) is 17.2. The first-order valence-corrected chi connectivity index (χ1v) is 10.1. The van der Waals surface area contributed by atoms with Crippen LogP contribution >= 0.6 is 11.6 Å². The van der Waals surface area contributed by atoms with E-state index in [1.165, 1.54) is 18.2 Å². The number of carboxylic acids is 1. The van der Waals surface area contributed by atoms with Gasteiger partial charge in [-0.15, -0.1) is 0 Å². The van der Waals surface area contributed by atoms with Crippen LogP contribution in [0.2, 0.25) is 5.02 Å². The number of rotatable bonds is 8. The van der Waals surface area contributed by atoms with Crippen LogP contribution in [0.4, 0.5) is 32.0 Å². The second-order valence-corrected chi connectivity index (χ2v) is 7.95. The van der Waals surface area contributed by atoms with Crippen LogP contribution in [0.1, 0.15) is 36.0 Å². The number of aryl methyl sites for hydroxylation is 1. The van der Waals surface area contributed by atoms with Gasteiger partial charge in [-0.05, 0) is 35.2 Å². The number of anilines is 1. The number of benzene rings is 2. The van der Waals surface area contributed by atoms with Gasteiger partial charge < -0.3 is 10.4 Å². The summed E-state index contributed by atoms with van der Waals surface area (Å²) in [6.45, 7) is 0.804. The van der Waals surface area contributed by atoms with Gasteiger partial charge in [-0.2, -0.15) is 26.3 Å². The first-order chi connectivity index (χ1) is 15.2. The van der Waals surface area contributed by atoms with Gasteiger partial charge in [-0.3, -0.25) is 9.59 Å². The molecule has 2 N–H and O–H groups in total. The first kappa shape index (κ1) is 26.5. The van der Waals surface area contributed by atoms with E-state index in [1.54, 1.807) is 0 Å². The van der Waals surface area contributed by atoms with Crippen molar-refractivity contribution in [2.75, 3.05) is 5.32 Å². The molecule has 0 spiro atoms. The maximum absolute atomic E-state index is 13.5. The summed E-state index contributed by atoms with van der Waals surface area (Å²) >= 11 is 6.05. The molecular formula is C22H20ClF6NO3. The smallest absolute Gasteiger partial charge is 0.393 e. The van der Waals surface area contributed by atoms with Gasteiger partial charge in [-0.1, -0.05) is 48.9 Å². The van der Waals surface area contributed by atoms with Gasteiger partial charge in [0.05, 0.1) is 29.0 Å². The van der Waals surface area contributed by atoms with Crippen molar-refractivity contribution in [2.45, 2.75) is 44.5 Å². The lowest BCUT2D eigenvalue weighted by Crippen LogP contribution is -2.34. The largest absolute Gasteiger partial charge is 0.481 e. The molecule has 180 valence electrons. The number of aliphatic carboxylic acids is 1. The van der Waals surface area contributed by atoms with Crippen LogP contribution in [-0.4, -0.2) is 29.3 Å². The molecule has 0 aliphatic heterocycles. The van der Waals surface area contributed by atoms with E-state index in [2.05, 4.69) is 5.32 Å². The molecule has 2 aromatic carbocycles. The molecule has 2 aromatic rings. The Hall–Kier alpha value is -2.75. The third-order valence-electron chi connectivity index (χ3n) is 4.96. The van der Waals surface area contributed by atoms with Crippen molar-refractivity contribution < 1.29 is 41.0 Å². The molecule has 0 saturated carbocycles. The monoisotopic (exact) mass is 495 g/mol. The van der Waals surface area contributed by atoms with Gasteiger partial charge >= 0.3 is 18.3 Å². The number of amides is 1. The number of carbonyl (C=O) groups excluding carboxylic acids is 1. The standard InChI is InChI=1S/C22H20ClF6NO3/c1-12(22(27,28)29)19(15-6-2-14(3-7-15)11-21(24,25)26)20(33)30-17-10-13(4-8-16(17)23)5-9-18(31)32/h2-4,6-8,10,12,19H,5,9,11H2,1H3,(H,30,33)(H,31,32)/t12-,19+/m0/s1. The van der Waals surface area contributed by atoms with Crippen LogP contribution in [-0.2, 0) is 22.4 Å². The number of hydrogen-bond acceptors (Lipinski definition) is 2. The van der Waals surface area contributed by atoms with Crippen LogP contribution in [0, 0.1) is 5.92 Å². The third-order valence-corrected chi connectivity index (χ3v) is 5.29. The Balaban J connectivity index is 2.34. The molecule has 33 heavy (non-hydrogen) atoms. The Labute approximate surface area is 190 Å². The highest BCUT2D eigenvalue weighted by Crippen LogP contribution is 2.39. The molecule has 4 nitrogen and oxygen atoms in total. The summed E-state index contributed by atoms with van der Waals surface area (Å²) in [5.41, 5.74) is 0.229. The summed E-state index contributed by atoms with van der Waals surface area (Å²) in [4.78, 5) is 23.7. The Bertz CT molecular complexity index is 989. The Kier molecular flexibility index (Phi) is 8.40.